The molecule has 26 heavy (non-hydrogen) atoms. The van der Waals surface area contributed by atoms with Crippen molar-refractivity contribution in [1.82, 2.24) is 0 Å². The zero-order valence-electron chi connectivity index (χ0n) is 17.2. The fourth-order valence-corrected chi connectivity index (χ4v) is 2.76. The molecule has 0 amide bonds. The molecule has 1 aromatic carbocycles. The molecule has 0 atom stereocenters. The lowest BCUT2D eigenvalue weighted by molar-refractivity contribution is -0.0101. The first-order chi connectivity index (χ1) is 12.1. The highest BCUT2D eigenvalue weighted by Crippen LogP contribution is 2.24. The molecule has 1 aromatic rings. The Morgan fingerprint density at radius 1 is 0.769 bits per heavy atom. The van der Waals surface area contributed by atoms with Crippen molar-refractivity contribution in [2.75, 3.05) is 0 Å². The molecule has 4 heteroatoms. The maximum Gasteiger partial charge on any atom is 0.339 e. The first-order valence-electron chi connectivity index (χ1n) is 9.67. The van der Waals surface area contributed by atoms with Crippen molar-refractivity contribution in [3.63, 3.8) is 0 Å². The second kappa shape index (κ2) is 9.75. The van der Waals surface area contributed by atoms with Crippen LogP contribution in [-0.2, 0) is 9.47 Å². The van der Waals surface area contributed by atoms with E-state index < -0.39 is 23.1 Å². The van der Waals surface area contributed by atoms with E-state index in [1.165, 1.54) is 0 Å². The summed E-state index contributed by atoms with van der Waals surface area (Å²) in [5.41, 5.74) is -0.614. The minimum atomic E-state index is -0.565. The van der Waals surface area contributed by atoms with Crippen LogP contribution in [0.15, 0.2) is 24.3 Å². The number of esters is 2. The number of hydrogen-bond acceptors (Lipinski definition) is 4. The quantitative estimate of drug-likeness (QED) is 0.483. The molecule has 4 nitrogen and oxygen atoms in total. The van der Waals surface area contributed by atoms with Crippen molar-refractivity contribution in [3.8, 4) is 0 Å². The summed E-state index contributed by atoms with van der Waals surface area (Å²) in [6.45, 7) is 11.8. The first kappa shape index (κ1) is 22.2. The van der Waals surface area contributed by atoms with Gasteiger partial charge >= 0.3 is 11.9 Å². The van der Waals surface area contributed by atoms with Crippen LogP contribution in [0.5, 0.6) is 0 Å². The molecule has 0 saturated carbocycles. The standard InChI is InChI=1S/C22H34O4/c1-7-9-15-21(3,4)25-19(23)17-13-11-12-14-18(17)20(24)26-22(5,6)16-10-8-2/h11-14H,7-10,15-16H2,1-6H3. The van der Waals surface area contributed by atoms with Gasteiger partial charge in [0.25, 0.3) is 0 Å². The summed E-state index contributed by atoms with van der Waals surface area (Å²) in [4.78, 5) is 25.3. The monoisotopic (exact) mass is 362 g/mol. The van der Waals surface area contributed by atoms with Gasteiger partial charge in [-0.1, -0.05) is 38.8 Å². The molecule has 0 aliphatic carbocycles. The fraction of sp³-hybridized carbons (Fsp3) is 0.636. The topological polar surface area (TPSA) is 52.6 Å². The Bertz CT molecular complexity index is 549. The summed E-state index contributed by atoms with van der Waals surface area (Å²) in [6, 6.07) is 6.70. The van der Waals surface area contributed by atoms with Crippen LogP contribution in [0.4, 0.5) is 0 Å². The Hall–Kier alpha value is -1.84. The van der Waals surface area contributed by atoms with E-state index in [2.05, 4.69) is 13.8 Å². The lowest BCUT2D eigenvalue weighted by atomic mass is 10.00. The van der Waals surface area contributed by atoms with Crippen LogP contribution in [0.25, 0.3) is 0 Å². The molecule has 0 fully saturated rings. The minimum Gasteiger partial charge on any atom is -0.456 e. The fourth-order valence-electron chi connectivity index (χ4n) is 2.76. The van der Waals surface area contributed by atoms with Crippen molar-refractivity contribution >= 4 is 11.9 Å². The molecule has 0 aromatic heterocycles. The van der Waals surface area contributed by atoms with Gasteiger partial charge in [0, 0.05) is 0 Å². The predicted octanol–water partition coefficient (Wildman–Crippen LogP) is 5.94. The molecule has 0 aliphatic rings. The molecule has 0 aliphatic heterocycles. The SMILES string of the molecule is CCCCC(C)(C)OC(=O)c1ccccc1C(=O)OC(C)(C)CCCC. The predicted molar refractivity (Wildman–Crippen MR) is 104 cm³/mol. The summed E-state index contributed by atoms with van der Waals surface area (Å²) in [5.74, 6) is -0.963. The summed E-state index contributed by atoms with van der Waals surface area (Å²) in [5, 5.41) is 0. The van der Waals surface area contributed by atoms with E-state index in [9.17, 15) is 9.59 Å². The number of unbranched alkanes of at least 4 members (excludes halogenated alkanes) is 2. The highest BCUT2D eigenvalue weighted by Gasteiger charge is 2.29. The number of hydrogen-bond donors (Lipinski definition) is 0. The average Bonchev–Trinajstić information content (AvgIpc) is 2.57. The van der Waals surface area contributed by atoms with Gasteiger partial charge in [0.05, 0.1) is 11.1 Å². The first-order valence-corrected chi connectivity index (χ1v) is 9.67. The summed E-state index contributed by atoms with van der Waals surface area (Å²) in [7, 11) is 0. The van der Waals surface area contributed by atoms with E-state index in [1.807, 2.05) is 27.7 Å². The van der Waals surface area contributed by atoms with Crippen LogP contribution < -0.4 is 0 Å². The Kier molecular flexibility index (Phi) is 8.32. The molecule has 146 valence electrons. The van der Waals surface area contributed by atoms with Gasteiger partial charge in [0.15, 0.2) is 0 Å². The van der Waals surface area contributed by atoms with Crippen LogP contribution in [0.2, 0.25) is 0 Å². The normalized spacial score (nSPS) is 11.9. The highest BCUT2D eigenvalue weighted by atomic mass is 16.6. The van der Waals surface area contributed by atoms with Gasteiger partial charge in [-0.25, -0.2) is 9.59 Å². The summed E-state index contributed by atoms with van der Waals surface area (Å²) >= 11 is 0. The van der Waals surface area contributed by atoms with Crippen molar-refractivity contribution in [2.24, 2.45) is 0 Å². The van der Waals surface area contributed by atoms with E-state index in [1.54, 1.807) is 24.3 Å². The molecule has 0 spiro atoms. The van der Waals surface area contributed by atoms with E-state index in [4.69, 9.17) is 9.47 Å². The van der Waals surface area contributed by atoms with Gasteiger partial charge < -0.3 is 9.47 Å². The van der Waals surface area contributed by atoms with E-state index >= 15 is 0 Å². The van der Waals surface area contributed by atoms with E-state index in [0.29, 0.717) is 0 Å². The zero-order valence-corrected chi connectivity index (χ0v) is 17.2. The largest absolute Gasteiger partial charge is 0.456 e. The minimum absolute atomic E-state index is 0.258. The maximum absolute atomic E-state index is 12.7. The number of carbonyl (C=O) groups excluding carboxylic acids is 2. The lowest BCUT2D eigenvalue weighted by Crippen LogP contribution is -2.31. The van der Waals surface area contributed by atoms with Crippen LogP contribution in [0.3, 0.4) is 0 Å². The van der Waals surface area contributed by atoms with Crippen LogP contribution >= 0.6 is 0 Å². The van der Waals surface area contributed by atoms with E-state index in [-0.39, 0.29) is 11.1 Å². The third kappa shape index (κ3) is 7.19. The Morgan fingerprint density at radius 3 is 1.42 bits per heavy atom. The van der Waals surface area contributed by atoms with Crippen molar-refractivity contribution < 1.29 is 19.1 Å². The molecular formula is C22H34O4. The molecule has 0 N–H and O–H groups in total. The molecule has 0 heterocycles. The van der Waals surface area contributed by atoms with Crippen molar-refractivity contribution in [3.05, 3.63) is 35.4 Å². The second-order valence-electron chi connectivity index (χ2n) is 8.05. The number of carbonyl (C=O) groups is 2. The van der Waals surface area contributed by atoms with Gasteiger partial charge in [-0.05, 0) is 65.5 Å². The molecule has 0 saturated heterocycles. The summed E-state index contributed by atoms with van der Waals surface area (Å²) in [6.07, 6.45) is 5.61. The molecule has 0 unspecified atom stereocenters. The molecule has 0 radical (unpaired) electrons. The number of benzene rings is 1. The maximum atomic E-state index is 12.7. The van der Waals surface area contributed by atoms with Gasteiger partial charge in [0.2, 0.25) is 0 Å². The van der Waals surface area contributed by atoms with Gasteiger partial charge in [-0.15, -0.1) is 0 Å². The van der Waals surface area contributed by atoms with Crippen LogP contribution in [0.1, 0.15) is 101 Å². The van der Waals surface area contributed by atoms with Crippen LogP contribution in [-0.4, -0.2) is 23.1 Å². The third-order valence-electron chi connectivity index (χ3n) is 4.37. The Balaban J connectivity index is 2.93. The summed E-state index contributed by atoms with van der Waals surface area (Å²) < 4.78 is 11.3. The van der Waals surface area contributed by atoms with E-state index in [0.717, 1.165) is 38.5 Å². The smallest absolute Gasteiger partial charge is 0.339 e. The molecular weight excluding hydrogens is 328 g/mol. The number of ether oxygens (including phenoxy) is 2. The third-order valence-corrected chi connectivity index (χ3v) is 4.37. The lowest BCUT2D eigenvalue weighted by Gasteiger charge is -2.27. The van der Waals surface area contributed by atoms with Crippen molar-refractivity contribution in [1.29, 1.82) is 0 Å². The Labute approximate surface area is 158 Å². The Morgan fingerprint density at radius 2 is 1.12 bits per heavy atom. The van der Waals surface area contributed by atoms with Crippen molar-refractivity contribution in [2.45, 2.75) is 91.3 Å². The highest BCUT2D eigenvalue weighted by molar-refractivity contribution is 6.03. The van der Waals surface area contributed by atoms with Gasteiger partial charge in [-0.3, -0.25) is 0 Å². The number of rotatable bonds is 10. The molecule has 0 bridgehead atoms. The van der Waals surface area contributed by atoms with Gasteiger partial charge in [0.1, 0.15) is 11.2 Å². The van der Waals surface area contributed by atoms with Crippen LogP contribution in [0, 0.1) is 0 Å². The average molecular weight is 363 g/mol. The molecule has 1 rings (SSSR count). The van der Waals surface area contributed by atoms with Gasteiger partial charge in [-0.2, -0.15) is 0 Å². The second-order valence-corrected chi connectivity index (χ2v) is 8.05. The zero-order chi connectivity index (χ0) is 19.8.